The number of phosphoric acid groups is 1. The number of carbonyl (C=O) groups is 6. The number of nitrogens with one attached hydrogen (secondary N) is 2. The molecule has 0 aromatic heterocycles. The molecule has 0 bridgehead atoms. The van der Waals surface area contributed by atoms with Crippen molar-refractivity contribution in [3.63, 3.8) is 0 Å². The van der Waals surface area contributed by atoms with Gasteiger partial charge in [-0.05, 0) is 85.9 Å². The van der Waals surface area contributed by atoms with E-state index in [-0.39, 0.29) is 49.6 Å². The number of hydrogen-bond acceptors (Lipinski definition) is 11. The Balaban J connectivity index is 1.08. The molecule has 0 unspecified atom stereocenters. The summed E-state index contributed by atoms with van der Waals surface area (Å²) >= 11 is 2.99. The van der Waals surface area contributed by atoms with Gasteiger partial charge >= 0.3 is 13.8 Å². The highest BCUT2D eigenvalue weighted by Gasteiger charge is 2.80. The zero-order chi connectivity index (χ0) is 47.3. The van der Waals surface area contributed by atoms with Gasteiger partial charge in [0.2, 0.25) is 11.8 Å². The van der Waals surface area contributed by atoms with Crippen molar-refractivity contribution in [2.24, 2.45) is 28.6 Å². The summed E-state index contributed by atoms with van der Waals surface area (Å²) in [5.74, 6) is -6.93. The molecule has 0 spiro atoms. The summed E-state index contributed by atoms with van der Waals surface area (Å²) in [5.41, 5.74) is -5.27. The van der Waals surface area contributed by atoms with Gasteiger partial charge in [-0.15, -0.1) is 0 Å². The van der Waals surface area contributed by atoms with Gasteiger partial charge in [0.05, 0.1) is 24.1 Å². The number of rotatable bonds is 17. The summed E-state index contributed by atoms with van der Waals surface area (Å²) in [4.78, 5) is 94.4. The molecule has 2 aromatic rings. The van der Waals surface area contributed by atoms with E-state index in [9.17, 15) is 53.3 Å². The van der Waals surface area contributed by atoms with Crippen LogP contribution in [0.5, 0.6) is 0 Å². The molecule has 20 heteroatoms. The van der Waals surface area contributed by atoms with Gasteiger partial charge in [0.25, 0.3) is 0 Å². The van der Waals surface area contributed by atoms with Crippen LogP contribution in [0, 0.1) is 28.6 Å². The molecule has 2 amide bonds. The van der Waals surface area contributed by atoms with Crippen LogP contribution in [0.2, 0.25) is 0 Å². The van der Waals surface area contributed by atoms with E-state index in [1.165, 1.54) is 13.0 Å². The lowest BCUT2D eigenvalue weighted by Gasteiger charge is -2.63. The maximum Gasteiger partial charge on any atom is 0.470 e. The smallest absolute Gasteiger partial charge is 0.470 e. The number of ether oxygens (including phenoxy) is 2. The Morgan fingerprint density at radius 3 is 2.45 bits per heavy atom. The highest BCUT2D eigenvalue weighted by Crippen LogP contribution is 2.72. The van der Waals surface area contributed by atoms with Gasteiger partial charge < -0.3 is 40.1 Å². The van der Waals surface area contributed by atoms with Crippen molar-refractivity contribution in [3.8, 4) is 0 Å². The summed E-state index contributed by atoms with van der Waals surface area (Å²) in [6, 6.07) is 13.8. The quantitative estimate of drug-likeness (QED) is 0.0909. The fourth-order valence-electron chi connectivity index (χ4n) is 11.1. The van der Waals surface area contributed by atoms with Crippen molar-refractivity contribution < 1.29 is 76.1 Å². The molecule has 7 rings (SSSR count). The predicted octanol–water partition coefficient (Wildman–Crippen LogP) is 4.93. The second-order valence-electron chi connectivity index (χ2n) is 18.0. The molecule has 1 aliphatic heterocycles. The first kappa shape index (κ1) is 48.6. The van der Waals surface area contributed by atoms with Crippen LogP contribution in [0.15, 0.2) is 72.3 Å². The number of carboxylic acid groups (broad SMARTS) is 1. The molecular weight excluding hydrogens is 941 g/mol. The Kier molecular flexibility index (Phi) is 13.8. The number of carboxylic acids is 1. The van der Waals surface area contributed by atoms with Gasteiger partial charge in [0, 0.05) is 46.8 Å². The number of benzene rings is 2. The summed E-state index contributed by atoms with van der Waals surface area (Å²) in [7, 11) is -5.17. The number of carbonyl (C=O) groups excluding carboxylic acids is 5. The second kappa shape index (κ2) is 18.4. The number of phosphoric ester groups is 1. The zero-order valence-corrected chi connectivity index (χ0v) is 37.9. The second-order valence-corrected chi connectivity index (χ2v) is 19.8. The zero-order valence-electron chi connectivity index (χ0n) is 35.4. The van der Waals surface area contributed by atoms with Crippen LogP contribution in [0.3, 0.4) is 0 Å². The van der Waals surface area contributed by atoms with E-state index in [0.717, 1.165) is 23.3 Å². The van der Waals surface area contributed by atoms with Crippen molar-refractivity contribution in [1.82, 2.24) is 5.32 Å². The number of fused-ring (bicyclic) bond motifs is 7. The minimum atomic E-state index is -5.17. The molecule has 1 heterocycles. The minimum Gasteiger partial charge on any atom is -0.481 e. The Morgan fingerprint density at radius 1 is 1.05 bits per heavy atom. The number of aliphatic carboxylic acids is 1. The summed E-state index contributed by atoms with van der Waals surface area (Å²) in [5, 5.41) is 26.3. The number of anilines is 1. The maximum atomic E-state index is 17.9. The highest BCUT2D eigenvalue weighted by atomic mass is 79.9. The molecule has 16 nitrogen and oxygen atoms in total. The minimum absolute atomic E-state index is 0.0100. The Labute approximate surface area is 380 Å². The van der Waals surface area contributed by atoms with E-state index >= 15 is 8.78 Å². The molecule has 65 heavy (non-hydrogen) atoms. The van der Waals surface area contributed by atoms with Gasteiger partial charge in [-0.3, -0.25) is 33.3 Å². The van der Waals surface area contributed by atoms with Crippen LogP contribution in [0.4, 0.5) is 14.5 Å². The Bertz CT molecular complexity index is 2380. The molecule has 1 saturated heterocycles. The average Bonchev–Trinajstić information content (AvgIpc) is 3.75. The number of ketones is 3. The number of halogens is 3. The number of allylic oxidation sites excluding steroid dienone is 4. The van der Waals surface area contributed by atoms with Crippen LogP contribution in [0.1, 0.15) is 75.4 Å². The van der Waals surface area contributed by atoms with Crippen molar-refractivity contribution in [3.05, 3.63) is 89.0 Å². The molecule has 350 valence electrons. The normalized spacial score (nSPS) is 32.9. The van der Waals surface area contributed by atoms with Crippen molar-refractivity contribution in [2.45, 2.75) is 94.7 Å². The molecule has 5 aliphatic rings. The van der Waals surface area contributed by atoms with Crippen LogP contribution in [-0.2, 0) is 53.8 Å². The summed E-state index contributed by atoms with van der Waals surface area (Å²) in [6.07, 6.45) is -3.51. The number of alkyl halides is 3. The molecule has 11 atom stereocenters. The van der Waals surface area contributed by atoms with Gasteiger partial charge in [-0.25, -0.2) is 13.3 Å². The molecule has 4 aliphatic carbocycles. The number of aliphatic hydroxyl groups is 1. The maximum absolute atomic E-state index is 17.9. The number of aliphatic hydroxyl groups excluding tert-OH is 1. The SMILES string of the molecule is C[C@]12C=CC(=O)C=C1[C@@H](F)C[C@H]1[C@@H]3C[C@H]4O[C@@H](c5ccc(Cc6cccc(NC(=O)[C@H](CCC(=O)O)CC(=O)CNC(=O)CBr)c6)cc5)O[C@@]4(C(=O)COP(=O)(O)O)[C@@]3(C)C[C@H](O)[C@@]12F. The summed E-state index contributed by atoms with van der Waals surface area (Å²) in [6.45, 7) is 1.66. The Hall–Kier alpha value is -4.33. The topological polar surface area (TPSA) is 252 Å². The fraction of sp³-hybridized carbons (Fsp3) is 0.511. The molecule has 4 fully saturated rings. The van der Waals surface area contributed by atoms with Crippen LogP contribution >= 0.6 is 23.8 Å². The van der Waals surface area contributed by atoms with Gasteiger partial charge in [-0.2, -0.15) is 0 Å². The number of Topliss-reactive ketones (excluding diaryl/α,β-unsaturated/α-hetero) is 2. The average molecular weight is 992 g/mol. The monoisotopic (exact) mass is 990 g/mol. The highest BCUT2D eigenvalue weighted by molar-refractivity contribution is 9.09. The lowest BCUT2D eigenvalue weighted by atomic mass is 9.44. The molecule has 2 aromatic carbocycles. The van der Waals surface area contributed by atoms with E-state index < -0.39 is 121 Å². The van der Waals surface area contributed by atoms with Crippen molar-refractivity contribution in [2.75, 3.05) is 23.8 Å². The number of amides is 2. The third kappa shape index (κ3) is 9.10. The van der Waals surface area contributed by atoms with E-state index in [1.54, 1.807) is 49.4 Å². The largest absolute Gasteiger partial charge is 0.481 e. The Morgan fingerprint density at radius 2 is 1.77 bits per heavy atom. The van der Waals surface area contributed by atoms with E-state index in [1.807, 2.05) is 6.07 Å². The van der Waals surface area contributed by atoms with Gasteiger partial charge in [0.15, 0.2) is 34.9 Å². The molecule has 3 saturated carbocycles. The molecular formula is C45H50BrF2N2O14P. The van der Waals surface area contributed by atoms with Crippen LogP contribution in [0.25, 0.3) is 0 Å². The number of hydrogen-bond donors (Lipinski definition) is 6. The van der Waals surface area contributed by atoms with Crippen LogP contribution in [-0.4, -0.2) is 103 Å². The standard InChI is InChI=1S/C45H50BrF2N2O14P/c1-42-13-12-29(51)17-33(42)34(47)18-32-31-19-37-45(36(54)23-62-65(59,60)61,43(31,2)20-35(53)44(32,42)48)64-41(63-37)26-8-6-24(7-9-26)14-25-4-3-5-28(15-25)50-40(58)27(10-11-39(56)57)16-30(52)22-49-38(55)21-46/h3-9,12-13,15,17,27,31-32,34-35,37,41,53H,10-11,14,16,18-23H2,1-2H3,(H,49,55)(H,50,58)(H,56,57)(H2,59,60,61)/t27-,31+,32+,34+,35+,37-,41-,42+,43+,44+,45-/m1/s1. The van der Waals surface area contributed by atoms with Crippen LogP contribution < -0.4 is 10.6 Å². The van der Waals surface area contributed by atoms with E-state index in [0.29, 0.717) is 17.7 Å². The first-order valence-corrected chi connectivity index (χ1v) is 23.8. The van der Waals surface area contributed by atoms with E-state index in [4.69, 9.17) is 9.47 Å². The van der Waals surface area contributed by atoms with Crippen molar-refractivity contribution >= 4 is 64.6 Å². The van der Waals surface area contributed by atoms with E-state index in [2.05, 4.69) is 31.1 Å². The van der Waals surface area contributed by atoms with Gasteiger partial charge in [0.1, 0.15) is 12.8 Å². The third-order valence-corrected chi connectivity index (χ3v) is 15.1. The first-order chi connectivity index (χ1) is 30.5. The summed E-state index contributed by atoms with van der Waals surface area (Å²) < 4.78 is 63.5. The lowest BCUT2D eigenvalue weighted by molar-refractivity contribution is -0.235. The fourth-order valence-corrected chi connectivity index (χ4v) is 11.6. The van der Waals surface area contributed by atoms with Gasteiger partial charge in [-0.1, -0.05) is 65.3 Å². The van der Waals surface area contributed by atoms with Crippen molar-refractivity contribution in [1.29, 1.82) is 0 Å². The predicted molar refractivity (Wildman–Crippen MR) is 230 cm³/mol. The lowest BCUT2D eigenvalue weighted by Crippen LogP contribution is -2.70. The molecule has 0 radical (unpaired) electrons. The first-order valence-electron chi connectivity index (χ1n) is 21.1. The molecule has 6 N–H and O–H groups in total. The third-order valence-electron chi connectivity index (χ3n) is 14.2.